The third kappa shape index (κ3) is 3.70. The zero-order valence-corrected chi connectivity index (χ0v) is 16.1. The van der Waals surface area contributed by atoms with Crippen LogP contribution in [0.25, 0.3) is 28.2 Å². The Hall–Kier alpha value is -3.14. The Morgan fingerprint density at radius 2 is 1.63 bits per heavy atom. The number of hydrogen-bond donors (Lipinski definition) is 1. The van der Waals surface area contributed by atoms with Gasteiger partial charge in [0.05, 0.1) is 15.6 Å². The van der Waals surface area contributed by atoms with Crippen molar-refractivity contribution in [2.75, 3.05) is 0 Å². The molecule has 0 spiro atoms. The van der Waals surface area contributed by atoms with Crippen LogP contribution in [-0.2, 0) is 0 Å². The highest BCUT2D eigenvalue weighted by Crippen LogP contribution is 2.30. The molecule has 8 heteroatoms. The first-order chi connectivity index (χ1) is 13.1. The Bertz CT molecular complexity index is 1110. The molecule has 1 N–H and O–H groups in total. The van der Waals surface area contributed by atoms with E-state index < -0.39 is 4.92 Å². The van der Waals surface area contributed by atoms with E-state index in [0.29, 0.717) is 11.4 Å². The molecular formula is C19H13IN5O2+. The SMILES string of the molecule is O=[N+]([O-])c1cc(-c2ccc(I)cc2)cc(-c2n[nH][n+](-c3ccccc3)n2)c1. The molecule has 7 nitrogen and oxygen atoms in total. The van der Waals surface area contributed by atoms with Crippen molar-refractivity contribution in [1.29, 1.82) is 0 Å². The number of rotatable bonds is 4. The van der Waals surface area contributed by atoms with Gasteiger partial charge in [0, 0.05) is 15.7 Å². The number of H-pyrrole nitrogens is 1. The molecule has 0 aliphatic carbocycles. The van der Waals surface area contributed by atoms with Gasteiger partial charge in [0.2, 0.25) is 0 Å². The summed E-state index contributed by atoms with van der Waals surface area (Å²) in [5.74, 6) is 0.384. The molecule has 0 radical (unpaired) electrons. The minimum Gasteiger partial charge on any atom is -0.258 e. The van der Waals surface area contributed by atoms with E-state index in [2.05, 4.69) is 38.0 Å². The van der Waals surface area contributed by atoms with Crippen LogP contribution >= 0.6 is 22.6 Å². The quantitative estimate of drug-likeness (QED) is 0.212. The van der Waals surface area contributed by atoms with Crippen LogP contribution in [0.3, 0.4) is 0 Å². The van der Waals surface area contributed by atoms with Gasteiger partial charge >= 0.3 is 5.82 Å². The molecule has 4 rings (SSSR count). The van der Waals surface area contributed by atoms with Gasteiger partial charge in [-0.05, 0) is 79.2 Å². The number of nitro groups is 1. The predicted octanol–water partition coefficient (Wildman–Crippen LogP) is 3.93. The topological polar surface area (TPSA) is 88.6 Å². The molecule has 1 aromatic heterocycles. The van der Waals surface area contributed by atoms with Crippen molar-refractivity contribution >= 4 is 28.3 Å². The summed E-state index contributed by atoms with van der Waals surface area (Å²) in [6.45, 7) is 0. The molecule has 27 heavy (non-hydrogen) atoms. The highest BCUT2D eigenvalue weighted by molar-refractivity contribution is 14.1. The first-order valence-corrected chi connectivity index (χ1v) is 9.14. The van der Waals surface area contributed by atoms with Gasteiger partial charge in [-0.15, -0.1) is 0 Å². The summed E-state index contributed by atoms with van der Waals surface area (Å²) in [6.07, 6.45) is 0. The van der Waals surface area contributed by atoms with E-state index >= 15 is 0 Å². The lowest BCUT2D eigenvalue weighted by Gasteiger charge is -2.03. The second-order valence-corrected chi connectivity index (χ2v) is 7.06. The standard InChI is InChI=1S/C19H12IN5O2/c20-16-8-6-13(7-9-16)14-10-15(12-18(11-14)25(26)27)19-21-23-24(22-19)17-4-2-1-3-5-17/h1-12H/p+1. The van der Waals surface area contributed by atoms with Crippen molar-refractivity contribution < 1.29 is 9.72 Å². The minimum absolute atomic E-state index is 0.00267. The van der Waals surface area contributed by atoms with Crippen molar-refractivity contribution in [2.45, 2.75) is 0 Å². The number of aromatic amines is 1. The van der Waals surface area contributed by atoms with Gasteiger partial charge in [0.15, 0.2) is 5.69 Å². The van der Waals surface area contributed by atoms with E-state index in [1.165, 1.54) is 10.9 Å². The number of aromatic nitrogens is 4. The average molecular weight is 470 g/mol. The van der Waals surface area contributed by atoms with E-state index in [0.717, 1.165) is 20.4 Å². The van der Waals surface area contributed by atoms with Crippen LogP contribution in [0.15, 0.2) is 72.8 Å². The van der Waals surface area contributed by atoms with Gasteiger partial charge in [-0.25, -0.2) is 0 Å². The molecule has 0 bridgehead atoms. The average Bonchev–Trinajstić information content (AvgIpc) is 3.19. The van der Waals surface area contributed by atoms with E-state index in [1.54, 1.807) is 6.07 Å². The van der Waals surface area contributed by atoms with Gasteiger partial charge < -0.3 is 0 Å². The van der Waals surface area contributed by atoms with Crippen LogP contribution in [0.1, 0.15) is 0 Å². The summed E-state index contributed by atoms with van der Waals surface area (Å²) in [4.78, 5) is 12.5. The normalized spacial score (nSPS) is 10.7. The first-order valence-electron chi connectivity index (χ1n) is 8.06. The monoisotopic (exact) mass is 470 g/mol. The Morgan fingerprint density at radius 3 is 2.33 bits per heavy atom. The Kier molecular flexibility index (Phi) is 4.63. The molecule has 0 saturated heterocycles. The number of para-hydroxylation sites is 1. The smallest absolute Gasteiger partial charge is 0.258 e. The van der Waals surface area contributed by atoms with Crippen LogP contribution in [0.5, 0.6) is 0 Å². The lowest BCUT2D eigenvalue weighted by atomic mass is 10.0. The van der Waals surface area contributed by atoms with Gasteiger partial charge in [0.25, 0.3) is 5.69 Å². The number of tetrazole rings is 1. The molecule has 3 aromatic carbocycles. The summed E-state index contributed by atoms with van der Waals surface area (Å²) in [5.41, 5.74) is 3.03. The lowest BCUT2D eigenvalue weighted by molar-refractivity contribution is -0.716. The van der Waals surface area contributed by atoms with Crippen LogP contribution in [0.2, 0.25) is 0 Å². The van der Waals surface area contributed by atoms with E-state index in [9.17, 15) is 10.1 Å². The molecule has 0 saturated carbocycles. The molecule has 0 fully saturated rings. The van der Waals surface area contributed by atoms with Crippen molar-refractivity contribution in [3.05, 3.63) is 86.5 Å². The maximum Gasteiger partial charge on any atom is 0.339 e. The fourth-order valence-corrected chi connectivity index (χ4v) is 3.06. The predicted molar refractivity (Wildman–Crippen MR) is 108 cm³/mol. The van der Waals surface area contributed by atoms with Crippen LogP contribution < -0.4 is 4.80 Å². The fourth-order valence-electron chi connectivity index (χ4n) is 2.70. The highest BCUT2D eigenvalue weighted by Gasteiger charge is 2.20. The molecule has 1 heterocycles. The summed E-state index contributed by atoms with van der Waals surface area (Å²) < 4.78 is 1.10. The molecule has 4 aromatic rings. The molecule has 0 atom stereocenters. The number of halogens is 1. The Balaban J connectivity index is 1.80. The van der Waals surface area contributed by atoms with Crippen LogP contribution in [0.4, 0.5) is 5.69 Å². The number of nitrogens with zero attached hydrogens (tertiary/aromatic N) is 4. The molecule has 0 aliphatic heterocycles. The van der Waals surface area contributed by atoms with Crippen molar-refractivity contribution in [3.8, 4) is 28.2 Å². The van der Waals surface area contributed by atoms with Crippen molar-refractivity contribution in [2.24, 2.45) is 0 Å². The first kappa shape index (κ1) is 17.3. The van der Waals surface area contributed by atoms with Crippen LogP contribution in [-0.4, -0.2) is 20.3 Å². The molecule has 0 aliphatic rings. The minimum atomic E-state index is -0.405. The molecule has 0 amide bonds. The fraction of sp³-hybridized carbons (Fsp3) is 0. The summed E-state index contributed by atoms with van der Waals surface area (Å²) in [7, 11) is 0. The number of benzene rings is 3. The highest BCUT2D eigenvalue weighted by atomic mass is 127. The zero-order valence-electron chi connectivity index (χ0n) is 13.9. The number of hydrogen-bond acceptors (Lipinski definition) is 4. The number of nitrogens with one attached hydrogen (secondary N) is 1. The van der Waals surface area contributed by atoms with Gasteiger partial charge in [-0.1, -0.05) is 30.3 Å². The Morgan fingerprint density at radius 1 is 0.926 bits per heavy atom. The van der Waals surface area contributed by atoms with Crippen molar-refractivity contribution in [1.82, 2.24) is 15.4 Å². The second-order valence-electron chi connectivity index (χ2n) is 5.82. The maximum atomic E-state index is 11.4. The Labute approximate surface area is 168 Å². The third-order valence-electron chi connectivity index (χ3n) is 4.01. The summed E-state index contributed by atoms with van der Waals surface area (Å²) in [5, 5.41) is 22.9. The van der Waals surface area contributed by atoms with Gasteiger partial charge in [-0.3, -0.25) is 10.1 Å². The number of nitro benzene ring substituents is 1. The molecular weight excluding hydrogens is 457 g/mol. The van der Waals surface area contributed by atoms with E-state index in [-0.39, 0.29) is 5.69 Å². The number of non-ortho nitro benzene ring substituents is 1. The summed E-state index contributed by atoms with van der Waals surface area (Å²) >= 11 is 2.22. The van der Waals surface area contributed by atoms with E-state index in [1.807, 2.05) is 60.7 Å². The largest absolute Gasteiger partial charge is 0.339 e. The molecule has 132 valence electrons. The van der Waals surface area contributed by atoms with Gasteiger partial charge in [0.1, 0.15) is 0 Å². The van der Waals surface area contributed by atoms with Crippen molar-refractivity contribution in [3.63, 3.8) is 0 Å². The van der Waals surface area contributed by atoms with Crippen LogP contribution in [0, 0.1) is 13.7 Å². The van der Waals surface area contributed by atoms with E-state index in [4.69, 9.17) is 0 Å². The maximum absolute atomic E-state index is 11.4. The summed E-state index contributed by atoms with van der Waals surface area (Å²) in [6, 6.07) is 22.2. The van der Waals surface area contributed by atoms with Gasteiger partial charge in [-0.2, -0.15) is 0 Å². The molecule has 0 unspecified atom stereocenters. The second kappa shape index (κ2) is 7.23. The lowest BCUT2D eigenvalue weighted by Crippen LogP contribution is -2.35. The third-order valence-corrected chi connectivity index (χ3v) is 4.73. The zero-order chi connectivity index (χ0) is 18.8.